The summed E-state index contributed by atoms with van der Waals surface area (Å²) in [6.45, 7) is -0.495. The maximum absolute atomic E-state index is 12.7. The smallest absolute Gasteiger partial charge is 0.416 e. The number of ether oxygens (including phenoxy) is 1. The molecule has 7 nitrogen and oxygen atoms in total. The van der Waals surface area contributed by atoms with Crippen LogP contribution >= 0.6 is 0 Å². The number of anilines is 1. The average molecular weight is 404 g/mol. The van der Waals surface area contributed by atoms with Crippen molar-refractivity contribution in [2.24, 2.45) is 0 Å². The molecule has 2 aromatic carbocycles. The number of alkyl halides is 3. The fourth-order valence-corrected chi connectivity index (χ4v) is 2.48. The highest BCUT2D eigenvalue weighted by molar-refractivity contribution is 5.90. The minimum absolute atomic E-state index is 0.0410. The van der Waals surface area contributed by atoms with Gasteiger partial charge in [0, 0.05) is 11.3 Å². The lowest BCUT2D eigenvalue weighted by Gasteiger charge is -2.10. The first-order chi connectivity index (χ1) is 13.8. The molecule has 3 rings (SSSR count). The Bertz CT molecular complexity index is 1080. The lowest BCUT2D eigenvalue weighted by atomic mass is 10.1. The van der Waals surface area contributed by atoms with Crippen molar-refractivity contribution in [2.75, 3.05) is 12.4 Å². The molecule has 0 saturated heterocycles. The van der Waals surface area contributed by atoms with Gasteiger partial charge in [0.15, 0.2) is 0 Å². The second kappa shape index (κ2) is 8.13. The molecule has 0 fully saturated rings. The number of nitrogens with one attached hydrogen (secondary N) is 1. The standard InChI is InChI=1S/C19H15F3N4O3/c1-29-15-7-5-12(6-8-15)16-10-23-26(18(28)25-16)11-17(27)24-14-4-2-3-13(9-14)19(20,21)22/h2-10H,11H2,1H3,(H,24,27). The Balaban J connectivity index is 1.72. The summed E-state index contributed by atoms with van der Waals surface area (Å²) < 4.78 is 44.1. The van der Waals surface area contributed by atoms with E-state index in [-0.39, 0.29) is 5.69 Å². The van der Waals surface area contributed by atoms with Crippen molar-refractivity contribution >= 4 is 11.6 Å². The minimum atomic E-state index is -4.53. The summed E-state index contributed by atoms with van der Waals surface area (Å²) in [7, 11) is 1.53. The van der Waals surface area contributed by atoms with E-state index in [0.717, 1.165) is 16.8 Å². The predicted octanol–water partition coefficient (Wildman–Crippen LogP) is 2.97. The van der Waals surface area contributed by atoms with Crippen LogP contribution in [0.1, 0.15) is 5.56 Å². The Kier molecular flexibility index (Phi) is 5.62. The van der Waals surface area contributed by atoms with E-state index < -0.39 is 29.9 Å². The van der Waals surface area contributed by atoms with Gasteiger partial charge < -0.3 is 10.1 Å². The van der Waals surface area contributed by atoms with Crippen molar-refractivity contribution in [1.29, 1.82) is 0 Å². The van der Waals surface area contributed by atoms with E-state index >= 15 is 0 Å². The summed E-state index contributed by atoms with van der Waals surface area (Å²) in [4.78, 5) is 28.1. The second-order valence-corrected chi connectivity index (χ2v) is 5.94. The SMILES string of the molecule is COc1ccc(-c2cnn(CC(=O)Nc3cccc(C(F)(F)F)c3)c(=O)n2)cc1. The van der Waals surface area contributed by atoms with Crippen LogP contribution in [0, 0.1) is 0 Å². The molecular formula is C19H15F3N4O3. The number of carbonyl (C=O) groups is 1. The van der Waals surface area contributed by atoms with E-state index in [1.54, 1.807) is 24.3 Å². The van der Waals surface area contributed by atoms with Gasteiger partial charge >= 0.3 is 11.9 Å². The maximum Gasteiger partial charge on any atom is 0.416 e. The van der Waals surface area contributed by atoms with E-state index in [1.807, 2.05) is 0 Å². The highest BCUT2D eigenvalue weighted by Gasteiger charge is 2.30. The van der Waals surface area contributed by atoms with Gasteiger partial charge in [-0.25, -0.2) is 9.48 Å². The first kappa shape index (κ1) is 20.1. The molecule has 0 atom stereocenters. The molecule has 0 aliphatic rings. The summed E-state index contributed by atoms with van der Waals surface area (Å²) in [6.07, 6.45) is -3.21. The van der Waals surface area contributed by atoms with Crippen LogP contribution in [0.5, 0.6) is 5.75 Å². The van der Waals surface area contributed by atoms with Gasteiger partial charge in [-0.3, -0.25) is 4.79 Å². The quantitative estimate of drug-likeness (QED) is 0.707. The molecule has 0 aliphatic heterocycles. The van der Waals surface area contributed by atoms with Crippen LogP contribution in [-0.2, 0) is 17.5 Å². The minimum Gasteiger partial charge on any atom is -0.497 e. The summed E-state index contributed by atoms with van der Waals surface area (Å²) in [5.41, 5.74) is -0.752. The highest BCUT2D eigenvalue weighted by Crippen LogP contribution is 2.30. The van der Waals surface area contributed by atoms with Crippen LogP contribution in [-0.4, -0.2) is 27.8 Å². The fourth-order valence-electron chi connectivity index (χ4n) is 2.48. The molecule has 0 unspecified atom stereocenters. The Morgan fingerprint density at radius 3 is 2.52 bits per heavy atom. The number of hydrogen-bond acceptors (Lipinski definition) is 5. The third-order valence-corrected chi connectivity index (χ3v) is 3.91. The molecule has 1 heterocycles. The number of nitrogens with zero attached hydrogens (tertiary/aromatic N) is 3. The molecule has 0 spiro atoms. The highest BCUT2D eigenvalue weighted by atomic mass is 19.4. The summed E-state index contributed by atoms with van der Waals surface area (Å²) in [6, 6.07) is 11.0. The van der Waals surface area contributed by atoms with Crippen molar-refractivity contribution in [1.82, 2.24) is 14.8 Å². The molecular weight excluding hydrogens is 389 g/mol. The predicted molar refractivity (Wildman–Crippen MR) is 98.4 cm³/mol. The van der Waals surface area contributed by atoms with Crippen LogP contribution in [0.3, 0.4) is 0 Å². The van der Waals surface area contributed by atoms with Gasteiger partial charge in [0.05, 0.1) is 24.6 Å². The normalized spacial score (nSPS) is 11.2. The molecule has 1 amide bonds. The van der Waals surface area contributed by atoms with Gasteiger partial charge in [-0.1, -0.05) is 6.07 Å². The van der Waals surface area contributed by atoms with Gasteiger partial charge in [-0.15, -0.1) is 0 Å². The second-order valence-electron chi connectivity index (χ2n) is 5.94. The monoisotopic (exact) mass is 404 g/mol. The number of rotatable bonds is 5. The Morgan fingerprint density at radius 1 is 1.17 bits per heavy atom. The van der Waals surface area contributed by atoms with Crippen molar-refractivity contribution in [3.63, 3.8) is 0 Å². The third-order valence-electron chi connectivity index (χ3n) is 3.91. The Hall–Kier alpha value is -3.69. The lowest BCUT2D eigenvalue weighted by molar-refractivity contribution is -0.137. The molecule has 10 heteroatoms. The largest absolute Gasteiger partial charge is 0.497 e. The van der Waals surface area contributed by atoms with Gasteiger partial charge in [0.2, 0.25) is 5.91 Å². The number of carbonyl (C=O) groups excluding carboxylic acids is 1. The molecule has 29 heavy (non-hydrogen) atoms. The van der Waals surface area contributed by atoms with E-state index in [9.17, 15) is 22.8 Å². The van der Waals surface area contributed by atoms with Gasteiger partial charge in [-0.05, 0) is 42.5 Å². The Labute approximate surface area is 162 Å². The topological polar surface area (TPSA) is 86.1 Å². The number of amides is 1. The molecule has 150 valence electrons. The zero-order chi connectivity index (χ0) is 21.0. The molecule has 1 N–H and O–H groups in total. The van der Waals surface area contributed by atoms with Crippen LogP contribution in [0.2, 0.25) is 0 Å². The Morgan fingerprint density at radius 2 is 1.90 bits per heavy atom. The van der Waals surface area contributed by atoms with Crippen molar-refractivity contribution in [3.8, 4) is 17.0 Å². The lowest BCUT2D eigenvalue weighted by Crippen LogP contribution is -2.31. The molecule has 0 bridgehead atoms. The van der Waals surface area contributed by atoms with E-state index in [4.69, 9.17) is 4.74 Å². The van der Waals surface area contributed by atoms with E-state index in [2.05, 4.69) is 15.4 Å². The molecule has 0 radical (unpaired) electrons. The van der Waals surface area contributed by atoms with Crippen molar-refractivity contribution < 1.29 is 22.7 Å². The zero-order valence-electron chi connectivity index (χ0n) is 15.1. The molecule has 1 aromatic heterocycles. The van der Waals surface area contributed by atoms with E-state index in [1.165, 1.54) is 25.4 Å². The first-order valence-corrected chi connectivity index (χ1v) is 8.32. The molecule has 3 aromatic rings. The molecule has 0 aliphatic carbocycles. The maximum atomic E-state index is 12.7. The number of aromatic nitrogens is 3. The van der Waals surface area contributed by atoms with Crippen LogP contribution < -0.4 is 15.7 Å². The number of hydrogen-bond donors (Lipinski definition) is 1. The summed E-state index contributed by atoms with van der Waals surface area (Å²) >= 11 is 0. The number of halogens is 3. The summed E-state index contributed by atoms with van der Waals surface area (Å²) in [5.74, 6) is -0.0702. The van der Waals surface area contributed by atoms with E-state index in [0.29, 0.717) is 17.0 Å². The van der Waals surface area contributed by atoms with Crippen LogP contribution in [0.4, 0.5) is 18.9 Å². The van der Waals surface area contributed by atoms with Crippen LogP contribution in [0.15, 0.2) is 59.5 Å². The molecule has 0 saturated carbocycles. The number of methoxy groups -OCH3 is 1. The van der Waals surface area contributed by atoms with Crippen LogP contribution in [0.25, 0.3) is 11.3 Å². The average Bonchev–Trinajstić information content (AvgIpc) is 2.69. The third kappa shape index (κ3) is 4.98. The summed E-state index contributed by atoms with van der Waals surface area (Å²) in [5, 5.41) is 6.21. The fraction of sp³-hybridized carbons (Fsp3) is 0.158. The van der Waals surface area contributed by atoms with Crippen molar-refractivity contribution in [3.05, 3.63) is 70.8 Å². The van der Waals surface area contributed by atoms with Gasteiger partial charge in [-0.2, -0.15) is 23.3 Å². The zero-order valence-corrected chi connectivity index (χ0v) is 15.1. The number of benzene rings is 2. The van der Waals surface area contributed by atoms with Crippen molar-refractivity contribution in [2.45, 2.75) is 12.7 Å². The van der Waals surface area contributed by atoms with Gasteiger partial charge in [0.25, 0.3) is 0 Å². The first-order valence-electron chi connectivity index (χ1n) is 8.32. The van der Waals surface area contributed by atoms with Gasteiger partial charge in [0.1, 0.15) is 12.3 Å².